The number of hydrogen-bond acceptors (Lipinski definition) is 5. The van der Waals surface area contributed by atoms with Crippen LogP contribution in [0, 0.1) is 5.92 Å². The molecule has 3 heterocycles. The molecule has 0 bridgehead atoms. The van der Waals surface area contributed by atoms with Crippen LogP contribution in [0.2, 0.25) is 5.02 Å². The standard InChI is InChI=1S/C27H30ClN3O5/c1-31-20-7-8-22(35-2)24(28)19(20)13-21(31)25(32)30-27(14-36-15-27)18-5-3-16(4-6-18)23(26(33)34)17-9-11-29-12-10-17/h3-8,13,17,23,29H,9-12,14-15H2,1-2H3,(H,30,32)(H,33,34). The number of fused-ring (bicyclic) bond motifs is 1. The van der Waals surface area contributed by atoms with E-state index < -0.39 is 17.4 Å². The van der Waals surface area contributed by atoms with Gasteiger partial charge in [-0.3, -0.25) is 9.59 Å². The first-order valence-corrected chi connectivity index (χ1v) is 12.5. The summed E-state index contributed by atoms with van der Waals surface area (Å²) >= 11 is 6.48. The van der Waals surface area contributed by atoms with Gasteiger partial charge in [-0.15, -0.1) is 0 Å². The van der Waals surface area contributed by atoms with Crippen molar-refractivity contribution in [3.63, 3.8) is 0 Å². The van der Waals surface area contributed by atoms with Crippen molar-refractivity contribution in [3.8, 4) is 5.75 Å². The van der Waals surface area contributed by atoms with Gasteiger partial charge in [0.05, 0.1) is 36.8 Å². The van der Waals surface area contributed by atoms with Gasteiger partial charge >= 0.3 is 5.97 Å². The third-order valence-corrected chi connectivity index (χ3v) is 7.96. The summed E-state index contributed by atoms with van der Waals surface area (Å²) in [7, 11) is 3.38. The van der Waals surface area contributed by atoms with E-state index in [1.54, 1.807) is 19.2 Å². The van der Waals surface area contributed by atoms with Gasteiger partial charge in [0, 0.05) is 12.4 Å². The number of nitrogens with zero attached hydrogens (tertiary/aromatic N) is 1. The SMILES string of the molecule is COc1ccc2c(cc(C(=O)NC3(c4ccc(C(C(=O)O)C5CCNCC5)cc4)COC3)n2C)c1Cl. The second kappa shape index (κ2) is 9.76. The van der Waals surface area contributed by atoms with Crippen LogP contribution in [0.3, 0.4) is 0 Å². The van der Waals surface area contributed by atoms with Gasteiger partial charge in [0.1, 0.15) is 17.0 Å². The molecule has 0 saturated carbocycles. The molecule has 1 atom stereocenters. The molecular formula is C27H30ClN3O5. The number of aromatic nitrogens is 1. The molecule has 2 fully saturated rings. The molecule has 2 aliphatic rings. The van der Waals surface area contributed by atoms with E-state index in [2.05, 4.69) is 10.6 Å². The fourth-order valence-electron chi connectivity index (χ4n) is 5.43. The van der Waals surface area contributed by atoms with E-state index in [1.807, 2.05) is 41.9 Å². The van der Waals surface area contributed by atoms with Gasteiger partial charge in [-0.2, -0.15) is 0 Å². The summed E-state index contributed by atoms with van der Waals surface area (Å²) in [6.07, 6.45) is 1.68. The largest absolute Gasteiger partial charge is 0.495 e. The monoisotopic (exact) mass is 511 g/mol. The normalized spacial score (nSPS) is 18.4. The molecule has 36 heavy (non-hydrogen) atoms. The second-order valence-corrected chi connectivity index (χ2v) is 10.0. The fraction of sp³-hybridized carbons (Fsp3) is 0.407. The lowest BCUT2D eigenvalue weighted by molar-refractivity contribution is -0.140. The maximum Gasteiger partial charge on any atom is 0.311 e. The minimum absolute atomic E-state index is 0.104. The third-order valence-electron chi connectivity index (χ3n) is 7.57. The molecule has 1 amide bonds. The predicted molar refractivity (Wildman–Crippen MR) is 137 cm³/mol. The maximum absolute atomic E-state index is 13.4. The number of piperidine rings is 1. The Morgan fingerprint density at radius 1 is 1.19 bits per heavy atom. The van der Waals surface area contributed by atoms with Crippen molar-refractivity contribution in [1.29, 1.82) is 0 Å². The van der Waals surface area contributed by atoms with Crippen LogP contribution < -0.4 is 15.4 Å². The number of carbonyl (C=O) groups is 2. The first-order chi connectivity index (χ1) is 17.3. The Bertz CT molecular complexity index is 1290. The van der Waals surface area contributed by atoms with E-state index in [4.69, 9.17) is 21.1 Å². The number of carbonyl (C=O) groups excluding carboxylic acids is 1. The van der Waals surface area contributed by atoms with Crippen LogP contribution in [-0.4, -0.2) is 55.0 Å². The van der Waals surface area contributed by atoms with Gasteiger partial charge in [0.15, 0.2) is 0 Å². The molecule has 2 saturated heterocycles. The third kappa shape index (κ3) is 4.23. The van der Waals surface area contributed by atoms with E-state index in [0.29, 0.717) is 29.7 Å². The molecule has 5 rings (SSSR count). The van der Waals surface area contributed by atoms with Crippen molar-refractivity contribution in [2.45, 2.75) is 24.3 Å². The quantitative estimate of drug-likeness (QED) is 0.447. The molecule has 3 aromatic rings. The Balaban J connectivity index is 1.40. The summed E-state index contributed by atoms with van der Waals surface area (Å²) in [4.78, 5) is 25.5. The molecule has 8 nitrogen and oxygen atoms in total. The van der Waals surface area contributed by atoms with Crippen molar-refractivity contribution in [2.75, 3.05) is 33.4 Å². The highest BCUT2D eigenvalue weighted by molar-refractivity contribution is 6.37. The molecule has 2 aliphatic heterocycles. The Morgan fingerprint density at radius 2 is 1.89 bits per heavy atom. The lowest BCUT2D eigenvalue weighted by Gasteiger charge is -2.42. The van der Waals surface area contributed by atoms with Crippen LogP contribution in [0.5, 0.6) is 5.75 Å². The number of rotatable bonds is 7. The highest BCUT2D eigenvalue weighted by Gasteiger charge is 2.42. The van der Waals surface area contributed by atoms with Crippen LogP contribution in [-0.2, 0) is 22.1 Å². The fourth-order valence-corrected chi connectivity index (χ4v) is 5.72. The Hall–Kier alpha value is -3.07. The number of methoxy groups -OCH3 is 1. The molecule has 0 aliphatic carbocycles. The summed E-state index contributed by atoms with van der Waals surface area (Å²) < 4.78 is 12.6. The van der Waals surface area contributed by atoms with E-state index in [0.717, 1.165) is 48.0 Å². The summed E-state index contributed by atoms with van der Waals surface area (Å²) in [5.74, 6) is -0.922. The molecule has 0 radical (unpaired) electrons. The number of aliphatic carboxylic acids is 1. The Kier molecular flexibility index (Phi) is 6.68. The first kappa shape index (κ1) is 24.6. The first-order valence-electron chi connectivity index (χ1n) is 12.1. The van der Waals surface area contributed by atoms with Crippen molar-refractivity contribution in [3.05, 3.63) is 64.3 Å². The lowest BCUT2D eigenvalue weighted by Crippen LogP contribution is -2.59. The van der Waals surface area contributed by atoms with E-state index in [9.17, 15) is 14.7 Å². The number of hydrogen-bond donors (Lipinski definition) is 3. The summed E-state index contributed by atoms with van der Waals surface area (Å²) in [5, 5.41) is 17.6. The van der Waals surface area contributed by atoms with Crippen molar-refractivity contribution in [2.24, 2.45) is 13.0 Å². The highest BCUT2D eigenvalue weighted by atomic mass is 35.5. The molecular weight excluding hydrogens is 482 g/mol. The Labute approximate surface area is 214 Å². The number of halogens is 1. The van der Waals surface area contributed by atoms with E-state index in [-0.39, 0.29) is 11.8 Å². The number of aryl methyl sites for hydroxylation is 1. The molecule has 190 valence electrons. The lowest BCUT2D eigenvalue weighted by atomic mass is 9.79. The van der Waals surface area contributed by atoms with Crippen LogP contribution in [0.15, 0.2) is 42.5 Å². The van der Waals surface area contributed by atoms with E-state index >= 15 is 0 Å². The minimum Gasteiger partial charge on any atom is -0.495 e. The van der Waals surface area contributed by atoms with Gasteiger partial charge < -0.3 is 29.8 Å². The zero-order chi connectivity index (χ0) is 25.4. The van der Waals surface area contributed by atoms with Gasteiger partial charge in [0.2, 0.25) is 0 Å². The van der Waals surface area contributed by atoms with Gasteiger partial charge in [0.25, 0.3) is 5.91 Å². The predicted octanol–water partition coefficient (Wildman–Crippen LogP) is 3.66. The summed E-state index contributed by atoms with van der Waals surface area (Å²) in [5.41, 5.74) is 2.30. The van der Waals surface area contributed by atoms with Crippen molar-refractivity contribution in [1.82, 2.24) is 15.2 Å². The smallest absolute Gasteiger partial charge is 0.311 e. The van der Waals surface area contributed by atoms with Crippen LogP contribution in [0.4, 0.5) is 0 Å². The van der Waals surface area contributed by atoms with Crippen LogP contribution in [0.25, 0.3) is 10.9 Å². The van der Waals surface area contributed by atoms with Crippen LogP contribution in [0.1, 0.15) is 40.4 Å². The Morgan fingerprint density at radius 3 is 2.47 bits per heavy atom. The van der Waals surface area contributed by atoms with Gasteiger partial charge in [-0.25, -0.2) is 0 Å². The second-order valence-electron chi connectivity index (χ2n) is 9.66. The number of carboxylic acid groups (broad SMARTS) is 1. The molecule has 1 unspecified atom stereocenters. The topological polar surface area (TPSA) is 102 Å². The number of carboxylic acids is 1. The molecule has 9 heteroatoms. The number of nitrogens with one attached hydrogen (secondary N) is 2. The molecule has 2 aromatic carbocycles. The zero-order valence-electron chi connectivity index (χ0n) is 20.3. The summed E-state index contributed by atoms with van der Waals surface area (Å²) in [6, 6.07) is 13.0. The number of benzene rings is 2. The van der Waals surface area contributed by atoms with Crippen molar-refractivity contribution >= 4 is 34.4 Å². The average molecular weight is 512 g/mol. The number of amides is 1. The average Bonchev–Trinajstić information content (AvgIpc) is 3.20. The van der Waals surface area contributed by atoms with Crippen molar-refractivity contribution < 1.29 is 24.2 Å². The molecule has 0 spiro atoms. The van der Waals surface area contributed by atoms with E-state index in [1.165, 1.54) is 0 Å². The minimum atomic E-state index is -0.796. The maximum atomic E-state index is 13.4. The number of ether oxygens (including phenoxy) is 2. The van der Waals surface area contributed by atoms with Gasteiger partial charge in [-0.05, 0) is 61.2 Å². The van der Waals surface area contributed by atoms with Gasteiger partial charge in [-0.1, -0.05) is 35.9 Å². The molecule has 1 aromatic heterocycles. The summed E-state index contributed by atoms with van der Waals surface area (Å²) in [6.45, 7) is 2.36. The van der Waals surface area contributed by atoms with Crippen LogP contribution >= 0.6 is 11.6 Å². The highest BCUT2D eigenvalue weighted by Crippen LogP contribution is 2.37. The zero-order valence-corrected chi connectivity index (χ0v) is 21.1. The molecule has 3 N–H and O–H groups in total.